The summed E-state index contributed by atoms with van der Waals surface area (Å²) in [6.07, 6.45) is -2.88. The topological polar surface area (TPSA) is 49.4 Å². The number of carbonyl (C=O) groups is 2. The van der Waals surface area contributed by atoms with Crippen molar-refractivity contribution in [1.29, 1.82) is 0 Å². The second kappa shape index (κ2) is 9.23. The van der Waals surface area contributed by atoms with Crippen LogP contribution in [0.5, 0.6) is 0 Å². The van der Waals surface area contributed by atoms with Gasteiger partial charge in [-0.2, -0.15) is 13.2 Å². The van der Waals surface area contributed by atoms with E-state index < -0.39 is 22.7 Å². The third kappa shape index (κ3) is 6.55. The minimum atomic E-state index is -4.62. The SMILES string of the molecule is CN(CC(=O)Nc1ccc(Cl)c(C(F)(F)F)c1)C(=O)CCCc1cccs1. The van der Waals surface area contributed by atoms with Gasteiger partial charge in [-0.1, -0.05) is 17.7 Å². The number of hydrogen-bond donors (Lipinski definition) is 1. The summed E-state index contributed by atoms with van der Waals surface area (Å²) in [6.45, 7) is -0.248. The molecule has 2 rings (SSSR count). The van der Waals surface area contributed by atoms with Gasteiger partial charge in [-0.25, -0.2) is 0 Å². The van der Waals surface area contributed by atoms with Crippen molar-refractivity contribution in [3.05, 3.63) is 51.2 Å². The van der Waals surface area contributed by atoms with E-state index in [4.69, 9.17) is 11.6 Å². The van der Waals surface area contributed by atoms with E-state index in [1.54, 1.807) is 11.3 Å². The van der Waals surface area contributed by atoms with E-state index >= 15 is 0 Å². The van der Waals surface area contributed by atoms with Gasteiger partial charge in [-0.15, -0.1) is 11.3 Å². The fraction of sp³-hybridized carbons (Fsp3) is 0.333. The Labute approximate surface area is 163 Å². The standard InChI is InChI=1S/C18H18ClF3N2O2S/c1-24(17(26)6-2-4-13-5-3-9-27-13)11-16(25)23-12-7-8-15(19)14(10-12)18(20,21)22/h3,5,7-10H,2,4,6,11H2,1H3,(H,23,25). The van der Waals surface area contributed by atoms with Gasteiger partial charge in [0.1, 0.15) is 0 Å². The number of nitrogens with zero attached hydrogens (tertiary/aromatic N) is 1. The molecule has 0 spiro atoms. The van der Waals surface area contributed by atoms with Crippen molar-refractivity contribution in [2.24, 2.45) is 0 Å². The smallest absolute Gasteiger partial charge is 0.336 e. The number of alkyl halides is 3. The molecule has 4 nitrogen and oxygen atoms in total. The second-order valence-electron chi connectivity index (χ2n) is 5.92. The number of anilines is 1. The summed E-state index contributed by atoms with van der Waals surface area (Å²) in [4.78, 5) is 26.5. The molecule has 0 unspecified atom stereocenters. The summed E-state index contributed by atoms with van der Waals surface area (Å²) in [6, 6.07) is 7.05. The van der Waals surface area contributed by atoms with Crippen molar-refractivity contribution in [2.45, 2.75) is 25.4 Å². The first-order valence-corrected chi connectivity index (χ1v) is 9.35. The molecule has 0 aliphatic heterocycles. The Bertz CT molecular complexity index is 794. The van der Waals surface area contributed by atoms with Gasteiger partial charge in [0.05, 0.1) is 17.1 Å². The van der Waals surface area contributed by atoms with E-state index in [2.05, 4.69) is 5.32 Å². The lowest BCUT2D eigenvalue weighted by atomic mass is 10.2. The molecule has 1 aromatic carbocycles. The van der Waals surface area contributed by atoms with E-state index in [1.165, 1.54) is 22.9 Å². The van der Waals surface area contributed by atoms with Gasteiger partial charge in [0.2, 0.25) is 11.8 Å². The highest BCUT2D eigenvalue weighted by Gasteiger charge is 2.33. The Kier molecular flexibility index (Phi) is 7.26. The predicted octanol–water partition coefficient (Wildman–Crippen LogP) is 4.84. The molecule has 0 radical (unpaired) electrons. The number of aryl methyl sites for hydroxylation is 1. The number of amides is 2. The zero-order valence-corrected chi connectivity index (χ0v) is 16.0. The minimum Gasteiger partial charge on any atom is -0.336 e. The Morgan fingerprint density at radius 1 is 1.26 bits per heavy atom. The van der Waals surface area contributed by atoms with Crippen molar-refractivity contribution < 1.29 is 22.8 Å². The van der Waals surface area contributed by atoms with Gasteiger partial charge in [0.25, 0.3) is 0 Å². The first-order chi connectivity index (χ1) is 12.7. The van der Waals surface area contributed by atoms with E-state index in [9.17, 15) is 22.8 Å². The lowest BCUT2D eigenvalue weighted by Gasteiger charge is -2.17. The van der Waals surface area contributed by atoms with Gasteiger partial charge in [-0.05, 0) is 42.5 Å². The van der Waals surface area contributed by atoms with Crippen LogP contribution in [-0.2, 0) is 22.2 Å². The first kappa shape index (κ1) is 21.2. The number of likely N-dealkylation sites (N-methyl/N-ethyl adjacent to an activating group) is 1. The van der Waals surface area contributed by atoms with Crippen LogP contribution < -0.4 is 5.32 Å². The van der Waals surface area contributed by atoms with Crippen LogP contribution in [0.2, 0.25) is 5.02 Å². The molecule has 146 valence electrons. The van der Waals surface area contributed by atoms with Crippen molar-refractivity contribution in [3.8, 4) is 0 Å². The molecule has 0 aliphatic rings. The van der Waals surface area contributed by atoms with Crippen LogP contribution in [0, 0.1) is 0 Å². The van der Waals surface area contributed by atoms with E-state index in [0.717, 1.165) is 18.6 Å². The lowest BCUT2D eigenvalue weighted by molar-refractivity contribution is -0.137. The number of hydrogen-bond acceptors (Lipinski definition) is 3. The van der Waals surface area contributed by atoms with Crippen LogP contribution in [0.4, 0.5) is 18.9 Å². The monoisotopic (exact) mass is 418 g/mol. The molecule has 9 heteroatoms. The van der Waals surface area contributed by atoms with E-state index in [1.807, 2.05) is 17.5 Å². The number of rotatable bonds is 7. The highest BCUT2D eigenvalue weighted by molar-refractivity contribution is 7.09. The predicted molar refractivity (Wildman–Crippen MR) is 100.0 cm³/mol. The number of benzene rings is 1. The Morgan fingerprint density at radius 2 is 2.00 bits per heavy atom. The van der Waals surface area contributed by atoms with Crippen LogP contribution in [0.1, 0.15) is 23.3 Å². The summed E-state index contributed by atoms with van der Waals surface area (Å²) in [5.74, 6) is -0.784. The van der Waals surface area contributed by atoms with Gasteiger partial charge >= 0.3 is 6.18 Å². The third-order valence-electron chi connectivity index (χ3n) is 3.76. The molecule has 0 aliphatic carbocycles. The van der Waals surface area contributed by atoms with Crippen molar-refractivity contribution >= 4 is 40.4 Å². The fourth-order valence-corrected chi connectivity index (χ4v) is 3.36. The van der Waals surface area contributed by atoms with Crippen LogP contribution in [0.25, 0.3) is 0 Å². The molecule has 0 bridgehead atoms. The second-order valence-corrected chi connectivity index (χ2v) is 7.36. The zero-order chi connectivity index (χ0) is 20.0. The van der Waals surface area contributed by atoms with Crippen LogP contribution >= 0.6 is 22.9 Å². The number of nitrogens with one attached hydrogen (secondary N) is 1. The molecule has 0 atom stereocenters. The lowest BCUT2D eigenvalue weighted by Crippen LogP contribution is -2.34. The Morgan fingerprint density at radius 3 is 2.63 bits per heavy atom. The molecule has 0 fully saturated rings. The maximum Gasteiger partial charge on any atom is 0.417 e. The Balaban J connectivity index is 1.84. The normalized spacial score (nSPS) is 11.3. The van der Waals surface area contributed by atoms with Crippen molar-refractivity contribution in [1.82, 2.24) is 4.90 Å². The summed E-state index contributed by atoms with van der Waals surface area (Å²) < 4.78 is 38.6. The van der Waals surface area contributed by atoms with Crippen LogP contribution in [-0.4, -0.2) is 30.3 Å². The van der Waals surface area contributed by atoms with Crippen LogP contribution in [0.3, 0.4) is 0 Å². The average Bonchev–Trinajstić information content (AvgIpc) is 3.08. The summed E-state index contributed by atoms with van der Waals surface area (Å²) >= 11 is 7.16. The average molecular weight is 419 g/mol. The fourth-order valence-electron chi connectivity index (χ4n) is 2.38. The van der Waals surface area contributed by atoms with Gasteiger partial charge in [-0.3, -0.25) is 9.59 Å². The molecule has 1 N–H and O–H groups in total. The molecule has 1 heterocycles. The first-order valence-electron chi connectivity index (χ1n) is 8.10. The van der Waals surface area contributed by atoms with Gasteiger partial charge in [0.15, 0.2) is 0 Å². The highest BCUT2D eigenvalue weighted by atomic mass is 35.5. The van der Waals surface area contributed by atoms with Gasteiger partial charge in [0, 0.05) is 24.0 Å². The third-order valence-corrected chi connectivity index (χ3v) is 5.02. The number of carbonyl (C=O) groups excluding carboxylic acids is 2. The van der Waals surface area contributed by atoms with Gasteiger partial charge < -0.3 is 10.2 Å². The summed E-state index contributed by atoms with van der Waals surface area (Å²) in [5, 5.41) is 3.88. The quantitative estimate of drug-likeness (QED) is 0.699. The molecule has 2 amide bonds. The molecule has 0 saturated heterocycles. The molecule has 2 aromatic rings. The molecule has 27 heavy (non-hydrogen) atoms. The Hall–Kier alpha value is -2.06. The number of halogens is 4. The number of thiophene rings is 1. The molecular weight excluding hydrogens is 401 g/mol. The maximum atomic E-state index is 12.9. The van der Waals surface area contributed by atoms with E-state index in [0.29, 0.717) is 12.8 Å². The highest BCUT2D eigenvalue weighted by Crippen LogP contribution is 2.36. The summed E-state index contributed by atoms with van der Waals surface area (Å²) in [5.41, 5.74) is -1.06. The summed E-state index contributed by atoms with van der Waals surface area (Å²) in [7, 11) is 1.48. The van der Waals surface area contributed by atoms with E-state index in [-0.39, 0.29) is 18.1 Å². The zero-order valence-electron chi connectivity index (χ0n) is 14.5. The maximum absolute atomic E-state index is 12.9. The van der Waals surface area contributed by atoms with Crippen molar-refractivity contribution in [3.63, 3.8) is 0 Å². The van der Waals surface area contributed by atoms with Crippen molar-refractivity contribution in [2.75, 3.05) is 18.9 Å². The largest absolute Gasteiger partial charge is 0.417 e. The minimum absolute atomic E-state index is 0.0322. The molecule has 1 aromatic heterocycles. The molecular formula is C18H18ClF3N2O2S. The van der Waals surface area contributed by atoms with Crippen LogP contribution in [0.15, 0.2) is 35.7 Å². The molecule has 0 saturated carbocycles.